The number of rotatable bonds is 5. The Morgan fingerprint density at radius 3 is 2.44 bits per heavy atom. The van der Waals surface area contributed by atoms with Crippen molar-refractivity contribution in [1.29, 1.82) is 0 Å². The maximum absolute atomic E-state index is 10.7. The molecule has 0 fully saturated rings. The van der Waals surface area contributed by atoms with Gasteiger partial charge >= 0.3 is 5.97 Å². The minimum absolute atomic E-state index is 0.0109. The fourth-order valence-corrected chi connectivity index (χ4v) is 1.83. The van der Waals surface area contributed by atoms with E-state index in [1.165, 1.54) is 24.3 Å². The minimum Gasteiger partial charge on any atom is -0.480 e. The first-order chi connectivity index (χ1) is 7.54. The summed E-state index contributed by atoms with van der Waals surface area (Å²) < 4.78 is 0. The quantitative estimate of drug-likeness (QED) is 0.455. The van der Waals surface area contributed by atoms with Crippen LogP contribution in [0.2, 0.25) is 0 Å². The van der Waals surface area contributed by atoms with Crippen LogP contribution in [0.15, 0.2) is 29.2 Å². The Labute approximate surface area is 95.6 Å². The molecule has 0 amide bonds. The third-order valence-electron chi connectivity index (χ3n) is 1.82. The van der Waals surface area contributed by atoms with E-state index in [0.717, 1.165) is 11.8 Å². The molecule has 1 aromatic rings. The van der Waals surface area contributed by atoms with Crippen molar-refractivity contribution >= 4 is 23.4 Å². The monoisotopic (exact) mass is 242 g/mol. The SMILES string of the molecule is NCC(Sc1ccc([N+](=O)[O-])cc1)C(=O)O. The van der Waals surface area contributed by atoms with Gasteiger partial charge in [-0.3, -0.25) is 14.9 Å². The van der Waals surface area contributed by atoms with Crippen LogP contribution in [0.1, 0.15) is 0 Å². The largest absolute Gasteiger partial charge is 0.480 e. The van der Waals surface area contributed by atoms with Crippen LogP contribution >= 0.6 is 11.8 Å². The number of carbonyl (C=O) groups is 1. The number of nitrogens with zero attached hydrogens (tertiary/aromatic N) is 1. The fourth-order valence-electron chi connectivity index (χ4n) is 1.01. The number of nitrogens with two attached hydrogens (primary N) is 1. The summed E-state index contributed by atoms with van der Waals surface area (Å²) in [6.07, 6.45) is 0. The zero-order chi connectivity index (χ0) is 12.1. The van der Waals surface area contributed by atoms with Gasteiger partial charge in [-0.1, -0.05) is 0 Å². The van der Waals surface area contributed by atoms with Crippen molar-refractivity contribution in [2.24, 2.45) is 5.73 Å². The predicted molar refractivity (Wildman–Crippen MR) is 59.4 cm³/mol. The van der Waals surface area contributed by atoms with Crippen LogP contribution in [0.5, 0.6) is 0 Å². The van der Waals surface area contributed by atoms with Crippen LogP contribution in [0.25, 0.3) is 0 Å². The van der Waals surface area contributed by atoms with E-state index in [0.29, 0.717) is 4.90 Å². The molecule has 1 aromatic carbocycles. The number of nitro benzene ring substituents is 1. The van der Waals surface area contributed by atoms with Gasteiger partial charge in [-0.2, -0.15) is 0 Å². The summed E-state index contributed by atoms with van der Waals surface area (Å²) in [4.78, 5) is 21.2. The van der Waals surface area contributed by atoms with E-state index in [1.807, 2.05) is 0 Å². The molecular formula is C9H10N2O4S. The number of aliphatic carboxylic acids is 1. The topological polar surface area (TPSA) is 106 Å². The molecule has 1 unspecified atom stereocenters. The molecule has 0 aliphatic rings. The summed E-state index contributed by atoms with van der Waals surface area (Å²) in [5.74, 6) is -0.995. The Morgan fingerprint density at radius 2 is 2.06 bits per heavy atom. The molecule has 7 heteroatoms. The van der Waals surface area contributed by atoms with Crippen molar-refractivity contribution in [2.45, 2.75) is 10.1 Å². The van der Waals surface area contributed by atoms with E-state index in [9.17, 15) is 14.9 Å². The van der Waals surface area contributed by atoms with E-state index in [1.54, 1.807) is 0 Å². The molecule has 1 atom stereocenters. The van der Waals surface area contributed by atoms with Gasteiger partial charge in [-0.25, -0.2) is 0 Å². The first kappa shape index (κ1) is 12.5. The summed E-state index contributed by atoms with van der Waals surface area (Å²) in [7, 11) is 0. The molecule has 6 nitrogen and oxygen atoms in total. The van der Waals surface area contributed by atoms with E-state index in [2.05, 4.69) is 0 Å². The highest BCUT2D eigenvalue weighted by Gasteiger charge is 2.17. The van der Waals surface area contributed by atoms with E-state index in [-0.39, 0.29) is 12.2 Å². The Kier molecular flexibility index (Phi) is 4.27. The lowest BCUT2D eigenvalue weighted by Gasteiger charge is -2.08. The van der Waals surface area contributed by atoms with Gasteiger partial charge in [0.05, 0.1) is 4.92 Å². The Bertz CT molecular complexity index is 393. The van der Waals surface area contributed by atoms with E-state index < -0.39 is 16.1 Å². The van der Waals surface area contributed by atoms with Crippen LogP contribution < -0.4 is 5.73 Å². The van der Waals surface area contributed by atoms with Crippen molar-refractivity contribution < 1.29 is 14.8 Å². The fraction of sp³-hybridized carbons (Fsp3) is 0.222. The third-order valence-corrected chi connectivity index (χ3v) is 3.04. The molecule has 86 valence electrons. The molecule has 0 radical (unpaired) electrons. The molecule has 0 spiro atoms. The van der Waals surface area contributed by atoms with Crippen molar-refractivity contribution in [3.8, 4) is 0 Å². The lowest BCUT2D eigenvalue weighted by molar-refractivity contribution is -0.384. The maximum Gasteiger partial charge on any atom is 0.318 e. The number of hydrogen-bond donors (Lipinski definition) is 2. The van der Waals surface area contributed by atoms with Crippen LogP contribution in [0.4, 0.5) is 5.69 Å². The number of nitro groups is 1. The lowest BCUT2D eigenvalue weighted by atomic mass is 10.3. The van der Waals surface area contributed by atoms with Crippen LogP contribution in [0, 0.1) is 10.1 Å². The average molecular weight is 242 g/mol. The number of carboxylic acids is 1. The summed E-state index contributed by atoms with van der Waals surface area (Å²) >= 11 is 1.07. The maximum atomic E-state index is 10.7. The molecule has 0 aliphatic carbocycles. The van der Waals surface area contributed by atoms with E-state index in [4.69, 9.17) is 10.8 Å². The second-order valence-corrected chi connectivity index (χ2v) is 4.21. The average Bonchev–Trinajstić information content (AvgIpc) is 2.26. The zero-order valence-electron chi connectivity index (χ0n) is 8.20. The van der Waals surface area contributed by atoms with Gasteiger partial charge in [0.1, 0.15) is 5.25 Å². The molecule has 1 rings (SSSR count). The first-order valence-electron chi connectivity index (χ1n) is 4.38. The molecule has 16 heavy (non-hydrogen) atoms. The van der Waals surface area contributed by atoms with Gasteiger partial charge < -0.3 is 10.8 Å². The highest BCUT2D eigenvalue weighted by atomic mass is 32.2. The molecule has 0 saturated heterocycles. The summed E-state index contributed by atoms with van der Waals surface area (Å²) in [6, 6.07) is 5.68. The number of carboxylic acid groups (broad SMARTS) is 1. The highest BCUT2D eigenvalue weighted by Crippen LogP contribution is 2.25. The standard InChI is InChI=1S/C9H10N2O4S/c10-5-8(9(12)13)16-7-3-1-6(2-4-7)11(14)15/h1-4,8H,5,10H2,(H,12,13). The van der Waals surface area contributed by atoms with Gasteiger partial charge in [0.25, 0.3) is 5.69 Å². The summed E-state index contributed by atoms with van der Waals surface area (Å²) in [5.41, 5.74) is 5.27. The van der Waals surface area contributed by atoms with Gasteiger partial charge in [0.2, 0.25) is 0 Å². The smallest absolute Gasteiger partial charge is 0.318 e. The second kappa shape index (κ2) is 5.47. The molecule has 0 saturated carbocycles. The number of benzene rings is 1. The van der Waals surface area contributed by atoms with Gasteiger partial charge in [-0.15, -0.1) is 11.8 Å². The van der Waals surface area contributed by atoms with Crippen molar-refractivity contribution in [3.05, 3.63) is 34.4 Å². The van der Waals surface area contributed by atoms with Crippen LogP contribution in [-0.4, -0.2) is 27.8 Å². The molecule has 0 aliphatic heterocycles. The van der Waals surface area contributed by atoms with Crippen molar-refractivity contribution in [1.82, 2.24) is 0 Å². The Morgan fingerprint density at radius 1 is 1.50 bits per heavy atom. The van der Waals surface area contributed by atoms with Gasteiger partial charge in [0.15, 0.2) is 0 Å². The molecule has 3 N–H and O–H groups in total. The lowest BCUT2D eigenvalue weighted by Crippen LogP contribution is -2.25. The van der Waals surface area contributed by atoms with Gasteiger partial charge in [-0.05, 0) is 12.1 Å². The molecule has 0 heterocycles. The summed E-state index contributed by atoms with van der Waals surface area (Å²) in [5, 5.41) is 18.4. The zero-order valence-corrected chi connectivity index (χ0v) is 9.02. The molecular weight excluding hydrogens is 232 g/mol. The van der Waals surface area contributed by atoms with Crippen LogP contribution in [0.3, 0.4) is 0 Å². The predicted octanol–water partition coefficient (Wildman–Crippen LogP) is 1.10. The number of hydrogen-bond acceptors (Lipinski definition) is 5. The van der Waals surface area contributed by atoms with E-state index >= 15 is 0 Å². The minimum atomic E-state index is -0.995. The summed E-state index contributed by atoms with van der Waals surface area (Å²) in [6.45, 7) is 0.0109. The number of thioether (sulfide) groups is 1. The van der Waals surface area contributed by atoms with Crippen molar-refractivity contribution in [2.75, 3.05) is 6.54 Å². The molecule has 0 bridgehead atoms. The van der Waals surface area contributed by atoms with Gasteiger partial charge in [0, 0.05) is 23.6 Å². The second-order valence-electron chi connectivity index (χ2n) is 2.93. The Hall–Kier alpha value is -1.60. The van der Waals surface area contributed by atoms with Crippen LogP contribution in [-0.2, 0) is 4.79 Å². The van der Waals surface area contributed by atoms with Crippen molar-refractivity contribution in [3.63, 3.8) is 0 Å². The Balaban J connectivity index is 2.75. The highest BCUT2D eigenvalue weighted by molar-refractivity contribution is 8.00. The number of non-ortho nitro benzene ring substituents is 1. The first-order valence-corrected chi connectivity index (χ1v) is 5.26. The molecule has 0 aromatic heterocycles. The third kappa shape index (κ3) is 3.21. The normalized spacial score (nSPS) is 12.1.